The average Bonchev–Trinajstić information content (AvgIpc) is 2.24. The predicted octanol–water partition coefficient (Wildman–Crippen LogP) is 3.48. The Labute approximate surface area is 112 Å². The first-order chi connectivity index (χ1) is 7.91. The maximum atomic E-state index is 11.8. The molecule has 0 fully saturated rings. The van der Waals surface area contributed by atoms with Gasteiger partial charge in [0.2, 0.25) is 0 Å². The number of ketones is 1. The molecule has 0 bridgehead atoms. The van der Waals surface area contributed by atoms with E-state index in [-0.39, 0.29) is 11.8 Å². The Balaban J connectivity index is 2.66. The van der Waals surface area contributed by atoms with Crippen LogP contribution >= 0.6 is 23.2 Å². The summed E-state index contributed by atoms with van der Waals surface area (Å²) in [6, 6.07) is 5.21. The molecule has 2 nitrogen and oxygen atoms in total. The number of hydrogen-bond donors (Lipinski definition) is 1. The lowest BCUT2D eigenvalue weighted by Crippen LogP contribution is -2.29. The highest BCUT2D eigenvalue weighted by molar-refractivity contribution is 6.42. The van der Waals surface area contributed by atoms with E-state index in [2.05, 4.69) is 0 Å². The summed E-state index contributed by atoms with van der Waals surface area (Å²) in [5, 5.41) is 0.936. The summed E-state index contributed by atoms with van der Waals surface area (Å²) in [5.41, 5.74) is 6.62. The Morgan fingerprint density at radius 3 is 2.59 bits per heavy atom. The van der Waals surface area contributed by atoms with Gasteiger partial charge in [0.05, 0.1) is 10.0 Å². The summed E-state index contributed by atoms with van der Waals surface area (Å²) in [6.07, 6.45) is 0.667. The van der Waals surface area contributed by atoms with Crippen LogP contribution in [0.1, 0.15) is 25.8 Å². The van der Waals surface area contributed by atoms with Crippen LogP contribution < -0.4 is 5.73 Å². The van der Waals surface area contributed by atoms with Gasteiger partial charge in [-0.3, -0.25) is 4.79 Å². The molecule has 0 heterocycles. The van der Waals surface area contributed by atoms with Gasteiger partial charge >= 0.3 is 0 Å². The summed E-state index contributed by atoms with van der Waals surface area (Å²) in [7, 11) is 0. The lowest BCUT2D eigenvalue weighted by molar-refractivity contribution is -0.118. The number of hydrogen-bond acceptors (Lipinski definition) is 2. The van der Waals surface area contributed by atoms with Crippen molar-refractivity contribution in [3.05, 3.63) is 33.8 Å². The molecule has 1 atom stereocenters. The number of carbonyl (C=O) groups excluding carboxylic acids is 1. The molecule has 0 aliphatic carbocycles. The number of benzene rings is 1. The Hall–Kier alpha value is -0.570. The van der Waals surface area contributed by atoms with Crippen molar-refractivity contribution in [2.45, 2.75) is 32.7 Å². The fourth-order valence-electron chi connectivity index (χ4n) is 1.47. The molecule has 1 unspecified atom stereocenters. The molecule has 1 rings (SSSR count). The van der Waals surface area contributed by atoms with Gasteiger partial charge in [0.15, 0.2) is 0 Å². The number of nitrogens with two attached hydrogens (primary N) is 1. The smallest absolute Gasteiger partial charge is 0.138 e. The van der Waals surface area contributed by atoms with Gasteiger partial charge in [0, 0.05) is 18.9 Å². The van der Waals surface area contributed by atoms with Gasteiger partial charge in [0.1, 0.15) is 5.78 Å². The number of carbonyl (C=O) groups is 1. The topological polar surface area (TPSA) is 43.1 Å². The van der Waals surface area contributed by atoms with Crippen molar-refractivity contribution in [3.63, 3.8) is 0 Å². The molecule has 0 aliphatic rings. The molecular weight excluding hydrogens is 257 g/mol. The minimum atomic E-state index is -0.0968. The van der Waals surface area contributed by atoms with Gasteiger partial charge in [-0.25, -0.2) is 0 Å². The normalized spacial score (nSPS) is 12.8. The van der Waals surface area contributed by atoms with Crippen molar-refractivity contribution < 1.29 is 4.79 Å². The van der Waals surface area contributed by atoms with E-state index in [4.69, 9.17) is 28.9 Å². The first kappa shape index (κ1) is 14.5. The van der Waals surface area contributed by atoms with Gasteiger partial charge in [-0.1, -0.05) is 49.2 Å². The maximum Gasteiger partial charge on any atom is 0.138 e. The molecule has 0 amide bonds. The first-order valence-electron chi connectivity index (χ1n) is 5.62. The first-order valence-corrected chi connectivity index (χ1v) is 6.37. The van der Waals surface area contributed by atoms with Crippen molar-refractivity contribution in [2.75, 3.05) is 0 Å². The molecule has 17 heavy (non-hydrogen) atoms. The number of Topliss-reactive ketones (excluding diaryl/α,β-unsaturated/α-hetero) is 1. The lowest BCUT2D eigenvalue weighted by Gasteiger charge is -2.14. The van der Waals surface area contributed by atoms with Crippen LogP contribution in [0.25, 0.3) is 0 Å². The van der Waals surface area contributed by atoms with E-state index < -0.39 is 0 Å². The molecule has 1 aromatic rings. The lowest BCUT2D eigenvalue weighted by atomic mass is 9.97. The van der Waals surface area contributed by atoms with Crippen LogP contribution in [0.15, 0.2) is 18.2 Å². The second-order valence-electron chi connectivity index (χ2n) is 4.54. The largest absolute Gasteiger partial charge is 0.327 e. The van der Waals surface area contributed by atoms with Crippen molar-refractivity contribution in [2.24, 2.45) is 11.7 Å². The van der Waals surface area contributed by atoms with Crippen LogP contribution in [-0.4, -0.2) is 11.8 Å². The van der Waals surface area contributed by atoms with Crippen LogP contribution in [0.2, 0.25) is 10.0 Å². The van der Waals surface area contributed by atoms with E-state index in [1.807, 2.05) is 19.9 Å². The Morgan fingerprint density at radius 1 is 1.35 bits per heavy atom. The molecule has 0 saturated carbocycles. The molecule has 0 radical (unpaired) electrons. The zero-order valence-corrected chi connectivity index (χ0v) is 11.6. The zero-order chi connectivity index (χ0) is 13.0. The molecule has 0 aromatic heterocycles. The van der Waals surface area contributed by atoms with E-state index in [9.17, 15) is 4.79 Å². The quantitative estimate of drug-likeness (QED) is 0.893. The minimum Gasteiger partial charge on any atom is -0.327 e. The Morgan fingerprint density at radius 2 is 2.00 bits per heavy atom. The SMILES string of the molecule is CC(C)C(N)CC(=O)Cc1cccc(Cl)c1Cl. The molecule has 94 valence electrons. The molecule has 0 spiro atoms. The van der Waals surface area contributed by atoms with Gasteiger partial charge in [-0.05, 0) is 17.5 Å². The van der Waals surface area contributed by atoms with Gasteiger partial charge in [-0.15, -0.1) is 0 Å². The van der Waals surface area contributed by atoms with Crippen LogP contribution in [-0.2, 0) is 11.2 Å². The van der Waals surface area contributed by atoms with Gasteiger partial charge in [-0.2, -0.15) is 0 Å². The molecular formula is C13H17Cl2NO. The third kappa shape index (κ3) is 4.30. The fourth-order valence-corrected chi connectivity index (χ4v) is 1.86. The van der Waals surface area contributed by atoms with Crippen LogP contribution in [0, 0.1) is 5.92 Å². The molecule has 4 heteroatoms. The van der Waals surface area contributed by atoms with E-state index in [1.54, 1.807) is 12.1 Å². The van der Waals surface area contributed by atoms with Gasteiger partial charge in [0.25, 0.3) is 0 Å². The van der Waals surface area contributed by atoms with Crippen LogP contribution in [0.5, 0.6) is 0 Å². The van der Waals surface area contributed by atoms with Gasteiger partial charge < -0.3 is 5.73 Å². The second-order valence-corrected chi connectivity index (χ2v) is 5.33. The van der Waals surface area contributed by atoms with E-state index >= 15 is 0 Å². The molecule has 0 saturated heterocycles. The summed E-state index contributed by atoms with van der Waals surface area (Å²) in [6.45, 7) is 4.01. The summed E-state index contributed by atoms with van der Waals surface area (Å²) >= 11 is 11.9. The van der Waals surface area contributed by atoms with E-state index in [0.29, 0.717) is 28.8 Å². The number of halogens is 2. The molecule has 1 aromatic carbocycles. The fraction of sp³-hybridized carbons (Fsp3) is 0.462. The average molecular weight is 274 g/mol. The third-order valence-electron chi connectivity index (χ3n) is 2.74. The predicted molar refractivity (Wildman–Crippen MR) is 72.6 cm³/mol. The summed E-state index contributed by atoms with van der Waals surface area (Å²) < 4.78 is 0. The van der Waals surface area contributed by atoms with E-state index in [1.165, 1.54) is 0 Å². The molecule has 0 aliphatic heterocycles. The zero-order valence-electron chi connectivity index (χ0n) is 10.0. The summed E-state index contributed by atoms with van der Waals surface area (Å²) in [4.78, 5) is 11.8. The Bertz CT molecular complexity index is 404. The minimum absolute atomic E-state index is 0.0929. The van der Waals surface area contributed by atoms with Crippen molar-refractivity contribution in [3.8, 4) is 0 Å². The van der Waals surface area contributed by atoms with Crippen LogP contribution in [0.3, 0.4) is 0 Å². The van der Waals surface area contributed by atoms with Crippen molar-refractivity contribution in [1.29, 1.82) is 0 Å². The number of rotatable bonds is 5. The molecule has 2 N–H and O–H groups in total. The summed E-state index contributed by atoms with van der Waals surface area (Å²) in [5.74, 6) is 0.393. The second kappa shape index (κ2) is 6.39. The van der Waals surface area contributed by atoms with Crippen LogP contribution in [0.4, 0.5) is 0 Å². The highest BCUT2D eigenvalue weighted by atomic mass is 35.5. The third-order valence-corrected chi connectivity index (χ3v) is 3.60. The highest BCUT2D eigenvalue weighted by Crippen LogP contribution is 2.26. The van der Waals surface area contributed by atoms with E-state index in [0.717, 1.165) is 5.56 Å². The monoisotopic (exact) mass is 273 g/mol. The van der Waals surface area contributed by atoms with Crippen molar-refractivity contribution in [1.82, 2.24) is 0 Å². The standard InChI is InChI=1S/C13H17Cl2NO/c1-8(2)12(16)7-10(17)6-9-4-3-5-11(14)13(9)15/h3-5,8,12H,6-7,16H2,1-2H3. The Kier molecular flexibility index (Phi) is 5.44. The maximum absolute atomic E-state index is 11.8. The highest BCUT2D eigenvalue weighted by Gasteiger charge is 2.15. The van der Waals surface area contributed by atoms with Crippen molar-refractivity contribution >= 4 is 29.0 Å².